The van der Waals surface area contributed by atoms with Crippen molar-refractivity contribution in [3.8, 4) is 0 Å². The van der Waals surface area contributed by atoms with Crippen LogP contribution in [0.4, 0.5) is 13.2 Å². The highest BCUT2D eigenvalue weighted by Gasteiger charge is 2.35. The van der Waals surface area contributed by atoms with Crippen molar-refractivity contribution >= 4 is 11.6 Å². The van der Waals surface area contributed by atoms with Crippen LogP contribution in [0.15, 0.2) is 24.7 Å². The highest BCUT2D eigenvalue weighted by atomic mass is 35.5. The summed E-state index contributed by atoms with van der Waals surface area (Å²) in [5.74, 6) is 0.816. The molecule has 4 nitrogen and oxygen atoms in total. The molecule has 0 saturated heterocycles. The van der Waals surface area contributed by atoms with Gasteiger partial charge in [0.25, 0.3) is 0 Å². The molecule has 3 rings (SSSR count). The number of halogens is 4. The molecule has 0 unspecified atom stereocenters. The minimum absolute atomic E-state index is 0.290. The number of pyridine rings is 1. The molecule has 1 atom stereocenters. The highest BCUT2D eigenvalue weighted by molar-refractivity contribution is 6.31. The van der Waals surface area contributed by atoms with E-state index in [1.807, 2.05) is 13.1 Å². The summed E-state index contributed by atoms with van der Waals surface area (Å²) in [6, 6.07) is 1.88. The van der Waals surface area contributed by atoms with E-state index in [1.54, 1.807) is 17.0 Å². The maximum absolute atomic E-state index is 12.8. The van der Waals surface area contributed by atoms with Crippen LogP contribution in [0, 0.1) is 5.92 Å². The van der Waals surface area contributed by atoms with Gasteiger partial charge in [0, 0.05) is 44.6 Å². The van der Waals surface area contributed by atoms with Gasteiger partial charge < -0.3 is 9.47 Å². The number of hydrogen-bond acceptors (Lipinski definition) is 3. The average molecular weight is 359 g/mol. The maximum Gasteiger partial charge on any atom is 0.434 e. The molecular formula is C16H18ClF3N4. The van der Waals surface area contributed by atoms with E-state index in [9.17, 15) is 13.2 Å². The lowest BCUT2D eigenvalue weighted by atomic mass is 9.99. The predicted molar refractivity (Wildman–Crippen MR) is 84.6 cm³/mol. The van der Waals surface area contributed by atoms with E-state index in [-0.39, 0.29) is 0 Å². The van der Waals surface area contributed by atoms with E-state index in [1.165, 1.54) is 0 Å². The summed E-state index contributed by atoms with van der Waals surface area (Å²) in [7, 11) is 1.99. The van der Waals surface area contributed by atoms with Crippen molar-refractivity contribution < 1.29 is 13.2 Å². The number of fused-ring (bicyclic) bond motifs is 1. The Morgan fingerprint density at radius 3 is 2.92 bits per heavy atom. The second-order valence-corrected chi connectivity index (χ2v) is 6.67. The maximum atomic E-state index is 12.8. The standard InChI is InChI=1S/C16H18ClF3N4/c1-23(9-12-4-5-21-6-13(12)17)7-11-2-3-15-22-14(16(18,19)20)10-24(15)8-11/h4-6,10-11H,2-3,7-9H2,1H3/t11-/m0/s1. The van der Waals surface area contributed by atoms with Crippen LogP contribution in [0.25, 0.3) is 0 Å². The number of alkyl halides is 3. The van der Waals surface area contributed by atoms with Crippen molar-refractivity contribution in [1.82, 2.24) is 19.4 Å². The highest BCUT2D eigenvalue weighted by Crippen LogP contribution is 2.31. The summed E-state index contributed by atoms with van der Waals surface area (Å²) in [4.78, 5) is 9.81. The molecule has 0 radical (unpaired) electrons. The molecule has 0 spiro atoms. The summed E-state index contributed by atoms with van der Waals surface area (Å²) in [5, 5.41) is 0.625. The van der Waals surface area contributed by atoms with E-state index < -0.39 is 11.9 Å². The van der Waals surface area contributed by atoms with Crippen molar-refractivity contribution in [1.29, 1.82) is 0 Å². The lowest BCUT2D eigenvalue weighted by Crippen LogP contribution is -2.31. The summed E-state index contributed by atoms with van der Waals surface area (Å²) < 4.78 is 39.9. The quantitative estimate of drug-likeness (QED) is 0.836. The van der Waals surface area contributed by atoms with Gasteiger partial charge in [0.15, 0.2) is 5.69 Å². The minimum Gasteiger partial charge on any atom is -0.334 e. The van der Waals surface area contributed by atoms with E-state index in [0.29, 0.717) is 36.3 Å². The Labute approximate surface area is 143 Å². The third kappa shape index (κ3) is 3.89. The first kappa shape index (κ1) is 17.2. The molecule has 0 aliphatic carbocycles. The van der Waals surface area contributed by atoms with Crippen LogP contribution < -0.4 is 0 Å². The van der Waals surface area contributed by atoms with Crippen molar-refractivity contribution in [2.45, 2.75) is 32.1 Å². The predicted octanol–water partition coefficient (Wildman–Crippen LogP) is 3.64. The molecule has 0 N–H and O–H groups in total. The van der Waals surface area contributed by atoms with Gasteiger partial charge in [-0.2, -0.15) is 13.2 Å². The van der Waals surface area contributed by atoms with Gasteiger partial charge in [0.05, 0.1) is 5.02 Å². The molecule has 2 aromatic rings. The average Bonchev–Trinajstić information content (AvgIpc) is 2.93. The fraction of sp³-hybridized carbons (Fsp3) is 0.500. The van der Waals surface area contributed by atoms with E-state index in [2.05, 4.69) is 14.9 Å². The molecule has 0 saturated carbocycles. The summed E-state index contributed by atoms with van der Waals surface area (Å²) in [5.41, 5.74) is 0.197. The van der Waals surface area contributed by atoms with Crippen LogP contribution >= 0.6 is 11.6 Å². The molecule has 8 heteroatoms. The van der Waals surface area contributed by atoms with E-state index >= 15 is 0 Å². The summed E-state index contributed by atoms with van der Waals surface area (Å²) >= 11 is 6.12. The van der Waals surface area contributed by atoms with Crippen LogP contribution in [-0.2, 0) is 25.7 Å². The lowest BCUT2D eigenvalue weighted by molar-refractivity contribution is -0.141. The van der Waals surface area contributed by atoms with Crippen molar-refractivity contribution in [2.75, 3.05) is 13.6 Å². The van der Waals surface area contributed by atoms with Crippen molar-refractivity contribution in [2.24, 2.45) is 5.92 Å². The normalized spacial score (nSPS) is 18.0. The number of aromatic nitrogens is 3. The SMILES string of the molecule is CN(Cc1ccncc1Cl)C[C@@H]1CCc2nc(C(F)(F)F)cn2C1. The fourth-order valence-electron chi connectivity index (χ4n) is 3.13. The number of imidazole rings is 1. The first-order valence-electron chi connectivity index (χ1n) is 7.73. The van der Waals surface area contributed by atoms with Crippen molar-refractivity contribution in [3.05, 3.63) is 46.8 Å². The Kier molecular flexibility index (Phi) is 4.83. The van der Waals surface area contributed by atoms with Crippen LogP contribution in [0.5, 0.6) is 0 Å². The van der Waals surface area contributed by atoms with Gasteiger partial charge in [0.2, 0.25) is 0 Å². The van der Waals surface area contributed by atoms with Gasteiger partial charge in [-0.15, -0.1) is 0 Å². The summed E-state index contributed by atoms with van der Waals surface area (Å²) in [6.07, 6.45) is 1.47. The molecule has 0 aromatic carbocycles. The zero-order chi connectivity index (χ0) is 17.3. The third-order valence-corrected chi connectivity index (χ3v) is 4.59. The molecule has 2 aromatic heterocycles. The third-order valence-electron chi connectivity index (χ3n) is 4.25. The number of aryl methyl sites for hydroxylation is 1. The second-order valence-electron chi connectivity index (χ2n) is 6.26. The smallest absolute Gasteiger partial charge is 0.334 e. The molecule has 0 bridgehead atoms. The molecule has 24 heavy (non-hydrogen) atoms. The van der Waals surface area contributed by atoms with E-state index in [4.69, 9.17) is 11.6 Å². The fourth-order valence-corrected chi connectivity index (χ4v) is 3.31. The van der Waals surface area contributed by atoms with Gasteiger partial charge >= 0.3 is 6.18 Å². The van der Waals surface area contributed by atoms with Crippen LogP contribution in [0.3, 0.4) is 0 Å². The topological polar surface area (TPSA) is 34.0 Å². The minimum atomic E-state index is -4.38. The largest absolute Gasteiger partial charge is 0.434 e. The zero-order valence-electron chi connectivity index (χ0n) is 13.2. The van der Waals surface area contributed by atoms with E-state index in [0.717, 1.165) is 24.7 Å². The number of rotatable bonds is 4. The van der Waals surface area contributed by atoms with Gasteiger partial charge in [-0.3, -0.25) is 4.98 Å². The Hall–Kier alpha value is -1.60. The van der Waals surface area contributed by atoms with Crippen LogP contribution in [0.1, 0.15) is 23.5 Å². The molecule has 1 aliphatic rings. The molecule has 0 amide bonds. The molecule has 1 aliphatic heterocycles. The number of nitrogens with zero attached hydrogens (tertiary/aromatic N) is 4. The summed E-state index contributed by atoms with van der Waals surface area (Å²) in [6.45, 7) is 2.03. The van der Waals surface area contributed by atoms with Gasteiger partial charge in [-0.25, -0.2) is 4.98 Å². The Balaban J connectivity index is 1.61. The van der Waals surface area contributed by atoms with Gasteiger partial charge in [-0.05, 0) is 31.0 Å². The number of hydrogen-bond donors (Lipinski definition) is 0. The molecule has 0 fully saturated rings. The first-order valence-corrected chi connectivity index (χ1v) is 8.11. The Bertz CT molecular complexity index is 714. The Morgan fingerprint density at radius 2 is 2.21 bits per heavy atom. The molecular weight excluding hydrogens is 341 g/mol. The lowest BCUT2D eigenvalue weighted by Gasteiger charge is -2.28. The second kappa shape index (κ2) is 6.72. The molecule has 3 heterocycles. The van der Waals surface area contributed by atoms with Crippen LogP contribution in [-0.4, -0.2) is 33.0 Å². The first-order chi connectivity index (χ1) is 11.3. The molecule has 130 valence electrons. The monoisotopic (exact) mass is 358 g/mol. The Morgan fingerprint density at radius 1 is 1.42 bits per heavy atom. The zero-order valence-corrected chi connectivity index (χ0v) is 14.0. The van der Waals surface area contributed by atoms with Gasteiger partial charge in [0.1, 0.15) is 5.82 Å². The van der Waals surface area contributed by atoms with Crippen molar-refractivity contribution in [3.63, 3.8) is 0 Å². The van der Waals surface area contributed by atoms with Crippen LogP contribution in [0.2, 0.25) is 5.02 Å². The van der Waals surface area contributed by atoms with Gasteiger partial charge in [-0.1, -0.05) is 11.6 Å².